The van der Waals surface area contributed by atoms with Gasteiger partial charge in [-0.25, -0.2) is 4.98 Å². The Hall–Kier alpha value is -2.50. The number of nitrogens with zero attached hydrogens (tertiary/aromatic N) is 1. The summed E-state index contributed by atoms with van der Waals surface area (Å²) in [5.41, 5.74) is 0.528. The van der Waals surface area contributed by atoms with Gasteiger partial charge in [0, 0.05) is 6.07 Å². The first-order valence-electron chi connectivity index (χ1n) is 5.16. The molecule has 94 valence electrons. The molecule has 6 nitrogen and oxygen atoms in total. The first-order chi connectivity index (χ1) is 8.74. The number of carbonyl (C=O) groups excluding carboxylic acids is 1. The smallest absolute Gasteiger partial charge is 0.293 e. The molecule has 1 aromatic carbocycles. The lowest BCUT2D eigenvalue weighted by Gasteiger charge is -2.10. The number of methoxy groups -OCH3 is 2. The third kappa shape index (κ3) is 2.42. The molecule has 0 unspecified atom stereocenters. The van der Waals surface area contributed by atoms with Crippen LogP contribution < -0.4 is 14.8 Å². The summed E-state index contributed by atoms with van der Waals surface area (Å²) in [5, 5.41) is 2.66. The van der Waals surface area contributed by atoms with E-state index in [1.807, 2.05) is 0 Å². The minimum atomic E-state index is -0.393. The maximum absolute atomic E-state index is 11.8. The molecule has 0 saturated heterocycles. The van der Waals surface area contributed by atoms with Crippen molar-refractivity contribution < 1.29 is 18.7 Å². The molecule has 1 heterocycles. The van der Waals surface area contributed by atoms with Gasteiger partial charge >= 0.3 is 0 Å². The second-order valence-electron chi connectivity index (χ2n) is 3.39. The van der Waals surface area contributed by atoms with Crippen molar-refractivity contribution >= 4 is 11.6 Å². The molecule has 2 aromatic rings. The van der Waals surface area contributed by atoms with E-state index in [-0.39, 0.29) is 5.76 Å². The largest absolute Gasteiger partial charge is 0.497 e. The van der Waals surface area contributed by atoms with Crippen molar-refractivity contribution in [3.8, 4) is 11.5 Å². The van der Waals surface area contributed by atoms with E-state index in [0.717, 1.165) is 0 Å². The predicted octanol–water partition coefficient (Wildman–Crippen LogP) is 1.94. The van der Waals surface area contributed by atoms with Crippen LogP contribution in [0.25, 0.3) is 0 Å². The predicted molar refractivity (Wildman–Crippen MR) is 64.0 cm³/mol. The lowest BCUT2D eigenvalue weighted by molar-refractivity contribution is 0.0996. The molecule has 2 rings (SSSR count). The molecule has 18 heavy (non-hydrogen) atoms. The second-order valence-corrected chi connectivity index (χ2v) is 3.39. The molecule has 0 spiro atoms. The van der Waals surface area contributed by atoms with Crippen molar-refractivity contribution in [2.24, 2.45) is 0 Å². The molecule has 1 aromatic heterocycles. The molecule has 0 aliphatic carbocycles. The van der Waals surface area contributed by atoms with E-state index in [4.69, 9.17) is 13.9 Å². The second kappa shape index (κ2) is 5.22. The quantitative estimate of drug-likeness (QED) is 0.895. The van der Waals surface area contributed by atoms with E-state index in [2.05, 4.69) is 10.3 Å². The minimum Gasteiger partial charge on any atom is -0.497 e. The summed E-state index contributed by atoms with van der Waals surface area (Å²) in [6.07, 6.45) is 2.53. The van der Waals surface area contributed by atoms with E-state index < -0.39 is 5.91 Å². The van der Waals surface area contributed by atoms with Crippen LogP contribution in [0.15, 0.2) is 35.2 Å². The number of nitrogens with one attached hydrogen (secondary N) is 1. The summed E-state index contributed by atoms with van der Waals surface area (Å²) < 4.78 is 15.1. The number of ether oxygens (including phenoxy) is 2. The van der Waals surface area contributed by atoms with Crippen LogP contribution in [-0.4, -0.2) is 25.1 Å². The topological polar surface area (TPSA) is 73.6 Å². The molecule has 1 N–H and O–H groups in total. The molecule has 0 aliphatic rings. The molecule has 0 saturated carbocycles. The Labute approximate surface area is 104 Å². The number of aromatic nitrogens is 1. The molecular formula is C12H12N2O4. The highest BCUT2D eigenvalue weighted by Gasteiger charge is 2.12. The zero-order valence-corrected chi connectivity index (χ0v) is 9.97. The summed E-state index contributed by atoms with van der Waals surface area (Å²) in [6, 6.07) is 5.08. The van der Waals surface area contributed by atoms with Crippen LogP contribution in [0.3, 0.4) is 0 Å². The van der Waals surface area contributed by atoms with Crippen molar-refractivity contribution in [1.82, 2.24) is 4.98 Å². The Morgan fingerprint density at radius 1 is 1.33 bits per heavy atom. The normalized spacial score (nSPS) is 9.89. The first-order valence-corrected chi connectivity index (χ1v) is 5.16. The fourth-order valence-corrected chi connectivity index (χ4v) is 1.41. The highest BCUT2D eigenvalue weighted by atomic mass is 16.5. The Kier molecular flexibility index (Phi) is 3.47. The van der Waals surface area contributed by atoms with Crippen molar-refractivity contribution in [2.45, 2.75) is 0 Å². The zero-order chi connectivity index (χ0) is 13.0. The van der Waals surface area contributed by atoms with Crippen molar-refractivity contribution in [3.05, 3.63) is 36.5 Å². The van der Waals surface area contributed by atoms with Gasteiger partial charge in [-0.2, -0.15) is 0 Å². The van der Waals surface area contributed by atoms with Crippen molar-refractivity contribution in [3.63, 3.8) is 0 Å². The fraction of sp³-hybridized carbons (Fsp3) is 0.167. The third-order valence-corrected chi connectivity index (χ3v) is 2.31. The van der Waals surface area contributed by atoms with Crippen molar-refractivity contribution in [2.75, 3.05) is 19.5 Å². The standard InChI is InChI=1S/C12H12N2O4/c1-16-8-3-4-9(10(5-8)17-2)14-12(15)11-6-13-7-18-11/h3-7H,1-2H3,(H,14,15). The first kappa shape index (κ1) is 12.0. The Balaban J connectivity index is 2.21. The van der Waals surface area contributed by atoms with Crippen LogP contribution in [0.1, 0.15) is 10.6 Å². The monoisotopic (exact) mass is 248 g/mol. The maximum atomic E-state index is 11.8. The Morgan fingerprint density at radius 3 is 2.78 bits per heavy atom. The fourth-order valence-electron chi connectivity index (χ4n) is 1.41. The number of hydrogen-bond donors (Lipinski definition) is 1. The number of carbonyl (C=O) groups is 1. The van der Waals surface area contributed by atoms with Crippen LogP contribution in [-0.2, 0) is 0 Å². The van der Waals surface area contributed by atoms with Gasteiger partial charge in [0.2, 0.25) is 5.76 Å². The number of amides is 1. The van der Waals surface area contributed by atoms with E-state index in [1.54, 1.807) is 25.3 Å². The lowest BCUT2D eigenvalue weighted by atomic mass is 10.2. The highest BCUT2D eigenvalue weighted by Crippen LogP contribution is 2.29. The van der Waals surface area contributed by atoms with Gasteiger partial charge in [0.25, 0.3) is 5.91 Å². The molecule has 1 amide bonds. The van der Waals surface area contributed by atoms with Gasteiger partial charge in [0.05, 0.1) is 26.1 Å². The van der Waals surface area contributed by atoms with Gasteiger partial charge in [-0.15, -0.1) is 0 Å². The van der Waals surface area contributed by atoms with Gasteiger partial charge in [-0.3, -0.25) is 4.79 Å². The third-order valence-electron chi connectivity index (χ3n) is 2.31. The average Bonchev–Trinajstić information content (AvgIpc) is 2.93. The molecular weight excluding hydrogens is 236 g/mol. The van der Waals surface area contributed by atoms with E-state index >= 15 is 0 Å². The minimum absolute atomic E-state index is 0.132. The molecule has 0 aliphatic heterocycles. The SMILES string of the molecule is COc1ccc(NC(=O)c2cnco2)c(OC)c1. The van der Waals surface area contributed by atoms with Gasteiger partial charge in [0.15, 0.2) is 6.39 Å². The number of oxazole rings is 1. The van der Waals surface area contributed by atoms with Crippen molar-refractivity contribution in [1.29, 1.82) is 0 Å². The van der Waals surface area contributed by atoms with E-state index in [1.165, 1.54) is 19.7 Å². The summed E-state index contributed by atoms with van der Waals surface area (Å²) in [7, 11) is 3.07. The van der Waals surface area contributed by atoms with Gasteiger partial charge in [0.1, 0.15) is 11.5 Å². The van der Waals surface area contributed by atoms with E-state index in [0.29, 0.717) is 17.2 Å². The summed E-state index contributed by atoms with van der Waals surface area (Å²) in [4.78, 5) is 15.4. The molecule has 0 bridgehead atoms. The van der Waals surface area contributed by atoms with Crippen LogP contribution >= 0.6 is 0 Å². The summed E-state index contributed by atoms with van der Waals surface area (Å²) in [5.74, 6) is 0.885. The molecule has 0 atom stereocenters. The van der Waals surface area contributed by atoms with Gasteiger partial charge in [-0.05, 0) is 12.1 Å². The van der Waals surface area contributed by atoms with E-state index in [9.17, 15) is 4.79 Å². The number of anilines is 1. The number of rotatable bonds is 4. The van der Waals surface area contributed by atoms with Crippen LogP contribution in [0.5, 0.6) is 11.5 Å². The average molecular weight is 248 g/mol. The van der Waals surface area contributed by atoms with Crippen LogP contribution in [0.2, 0.25) is 0 Å². The summed E-state index contributed by atoms with van der Waals surface area (Å²) in [6.45, 7) is 0. The Bertz CT molecular complexity index is 537. The zero-order valence-electron chi connectivity index (χ0n) is 9.97. The summed E-state index contributed by atoms with van der Waals surface area (Å²) >= 11 is 0. The number of hydrogen-bond acceptors (Lipinski definition) is 5. The lowest BCUT2D eigenvalue weighted by Crippen LogP contribution is -2.11. The molecule has 0 fully saturated rings. The van der Waals surface area contributed by atoms with Crippen LogP contribution in [0.4, 0.5) is 5.69 Å². The highest BCUT2D eigenvalue weighted by molar-refractivity contribution is 6.02. The van der Waals surface area contributed by atoms with Crippen LogP contribution in [0, 0.1) is 0 Å². The number of benzene rings is 1. The molecule has 0 radical (unpaired) electrons. The maximum Gasteiger partial charge on any atom is 0.293 e. The van der Waals surface area contributed by atoms with Gasteiger partial charge in [-0.1, -0.05) is 0 Å². The Morgan fingerprint density at radius 2 is 2.17 bits per heavy atom. The molecule has 6 heteroatoms. The van der Waals surface area contributed by atoms with Gasteiger partial charge < -0.3 is 19.2 Å².